The second-order valence-corrected chi connectivity index (χ2v) is 5.66. The fourth-order valence-electron chi connectivity index (χ4n) is 2.84. The third kappa shape index (κ3) is 3.26. The Morgan fingerprint density at radius 3 is 2.67 bits per heavy atom. The first-order chi connectivity index (χ1) is 8.70. The van der Waals surface area contributed by atoms with Gasteiger partial charge in [-0.25, -0.2) is 0 Å². The average molecular weight is 247 g/mol. The van der Waals surface area contributed by atoms with E-state index in [1.807, 2.05) is 12.1 Å². The Kier molecular flexibility index (Phi) is 4.65. The summed E-state index contributed by atoms with van der Waals surface area (Å²) in [5, 5.41) is 3.68. The van der Waals surface area contributed by atoms with Crippen molar-refractivity contribution in [2.45, 2.75) is 45.7 Å². The van der Waals surface area contributed by atoms with Crippen LogP contribution in [0.3, 0.4) is 0 Å². The molecule has 0 heterocycles. The number of hydrogen-bond acceptors (Lipinski definition) is 2. The van der Waals surface area contributed by atoms with Gasteiger partial charge in [-0.3, -0.25) is 0 Å². The van der Waals surface area contributed by atoms with Gasteiger partial charge in [0.05, 0.1) is 7.11 Å². The van der Waals surface area contributed by atoms with Gasteiger partial charge in [-0.1, -0.05) is 32.0 Å². The van der Waals surface area contributed by atoms with Crippen molar-refractivity contribution in [3.63, 3.8) is 0 Å². The molecule has 0 bridgehead atoms. The molecule has 18 heavy (non-hydrogen) atoms. The third-order valence-corrected chi connectivity index (χ3v) is 4.37. The van der Waals surface area contributed by atoms with E-state index in [1.165, 1.54) is 24.8 Å². The highest BCUT2D eigenvalue weighted by atomic mass is 16.5. The molecule has 1 N–H and O–H groups in total. The molecule has 0 spiro atoms. The van der Waals surface area contributed by atoms with Gasteiger partial charge in [-0.05, 0) is 37.2 Å². The number of benzene rings is 1. The second-order valence-electron chi connectivity index (χ2n) is 5.66. The van der Waals surface area contributed by atoms with Gasteiger partial charge in [0.2, 0.25) is 0 Å². The van der Waals surface area contributed by atoms with Crippen molar-refractivity contribution < 1.29 is 4.74 Å². The molecule has 0 radical (unpaired) electrons. The Morgan fingerprint density at radius 2 is 1.94 bits per heavy atom. The largest absolute Gasteiger partial charge is 0.496 e. The van der Waals surface area contributed by atoms with Crippen molar-refractivity contribution >= 4 is 0 Å². The lowest BCUT2D eigenvalue weighted by molar-refractivity contribution is 0.225. The molecule has 0 saturated heterocycles. The lowest BCUT2D eigenvalue weighted by atomic mass is 9.79. The van der Waals surface area contributed by atoms with Crippen LogP contribution in [0.25, 0.3) is 0 Å². The summed E-state index contributed by atoms with van der Waals surface area (Å²) in [5.74, 6) is 2.71. The Balaban J connectivity index is 1.88. The standard InChI is InChI=1S/C16H25NO/c1-12-8-9-15(10-13(12)2)17-11-14-6-4-5-7-16(14)18-3/h4-7,12-13,15,17H,8-11H2,1-3H3. The zero-order valence-electron chi connectivity index (χ0n) is 11.8. The van der Waals surface area contributed by atoms with Crippen LogP contribution in [-0.2, 0) is 6.54 Å². The minimum absolute atomic E-state index is 0.668. The quantitative estimate of drug-likeness (QED) is 0.877. The number of hydrogen-bond donors (Lipinski definition) is 1. The molecule has 3 unspecified atom stereocenters. The van der Waals surface area contributed by atoms with Gasteiger partial charge in [0.15, 0.2) is 0 Å². The Labute approximate surface area is 111 Å². The molecule has 2 nitrogen and oxygen atoms in total. The molecule has 0 aromatic heterocycles. The zero-order valence-corrected chi connectivity index (χ0v) is 11.8. The minimum Gasteiger partial charge on any atom is -0.496 e. The minimum atomic E-state index is 0.668. The van der Waals surface area contributed by atoms with E-state index >= 15 is 0 Å². The van der Waals surface area contributed by atoms with Crippen LogP contribution in [0.2, 0.25) is 0 Å². The van der Waals surface area contributed by atoms with Crippen LogP contribution >= 0.6 is 0 Å². The summed E-state index contributed by atoms with van der Waals surface area (Å²) < 4.78 is 5.38. The first-order valence-electron chi connectivity index (χ1n) is 7.06. The number of rotatable bonds is 4. The molecule has 0 aliphatic heterocycles. The number of nitrogens with one attached hydrogen (secondary N) is 1. The van der Waals surface area contributed by atoms with Crippen molar-refractivity contribution in [3.8, 4) is 5.75 Å². The normalized spacial score (nSPS) is 28.1. The molecule has 2 heteroatoms. The maximum atomic E-state index is 5.38. The van der Waals surface area contributed by atoms with Crippen molar-refractivity contribution in [1.82, 2.24) is 5.32 Å². The maximum Gasteiger partial charge on any atom is 0.123 e. The summed E-state index contributed by atoms with van der Waals surface area (Å²) >= 11 is 0. The lowest BCUT2D eigenvalue weighted by Crippen LogP contribution is -2.35. The molecule has 1 aliphatic carbocycles. The van der Waals surface area contributed by atoms with Crippen molar-refractivity contribution in [2.75, 3.05) is 7.11 Å². The van der Waals surface area contributed by atoms with Gasteiger partial charge in [0, 0.05) is 18.2 Å². The summed E-state index contributed by atoms with van der Waals surface area (Å²) in [6.07, 6.45) is 3.96. The molecule has 1 aliphatic rings. The van der Waals surface area contributed by atoms with Crippen LogP contribution in [0.4, 0.5) is 0 Å². The summed E-state index contributed by atoms with van der Waals surface area (Å²) in [7, 11) is 1.74. The van der Waals surface area contributed by atoms with E-state index in [2.05, 4.69) is 31.3 Å². The van der Waals surface area contributed by atoms with Crippen LogP contribution < -0.4 is 10.1 Å². The van der Waals surface area contributed by atoms with Crippen molar-refractivity contribution in [1.29, 1.82) is 0 Å². The van der Waals surface area contributed by atoms with Gasteiger partial charge in [-0.15, -0.1) is 0 Å². The van der Waals surface area contributed by atoms with E-state index in [4.69, 9.17) is 4.74 Å². The summed E-state index contributed by atoms with van der Waals surface area (Å²) in [5.41, 5.74) is 1.26. The van der Waals surface area contributed by atoms with E-state index in [-0.39, 0.29) is 0 Å². The predicted octanol–water partition coefficient (Wildman–Crippen LogP) is 3.61. The predicted molar refractivity (Wildman–Crippen MR) is 75.8 cm³/mol. The summed E-state index contributed by atoms with van der Waals surface area (Å²) in [6, 6.07) is 8.93. The highest BCUT2D eigenvalue weighted by molar-refractivity contribution is 5.33. The van der Waals surface area contributed by atoms with Crippen LogP contribution in [0.15, 0.2) is 24.3 Å². The number of para-hydroxylation sites is 1. The highest BCUT2D eigenvalue weighted by Crippen LogP contribution is 2.29. The van der Waals surface area contributed by atoms with Crippen molar-refractivity contribution in [2.24, 2.45) is 11.8 Å². The van der Waals surface area contributed by atoms with Gasteiger partial charge in [0.1, 0.15) is 5.75 Å². The summed E-state index contributed by atoms with van der Waals surface area (Å²) in [4.78, 5) is 0. The molecular formula is C16H25NO. The van der Waals surface area contributed by atoms with E-state index in [9.17, 15) is 0 Å². The molecule has 0 amide bonds. The molecule has 1 aromatic rings. The number of ether oxygens (including phenoxy) is 1. The van der Waals surface area contributed by atoms with Gasteiger partial charge in [0.25, 0.3) is 0 Å². The highest BCUT2D eigenvalue weighted by Gasteiger charge is 2.24. The molecule has 1 aromatic carbocycles. The van der Waals surface area contributed by atoms with Crippen molar-refractivity contribution in [3.05, 3.63) is 29.8 Å². The van der Waals surface area contributed by atoms with Crippen LogP contribution in [0, 0.1) is 11.8 Å². The fraction of sp³-hybridized carbons (Fsp3) is 0.625. The Bertz CT molecular complexity index is 377. The van der Waals surface area contributed by atoms with Crippen LogP contribution in [0.1, 0.15) is 38.7 Å². The van der Waals surface area contributed by atoms with E-state index in [1.54, 1.807) is 7.11 Å². The third-order valence-electron chi connectivity index (χ3n) is 4.37. The van der Waals surface area contributed by atoms with E-state index in [0.29, 0.717) is 6.04 Å². The van der Waals surface area contributed by atoms with Gasteiger partial charge in [-0.2, -0.15) is 0 Å². The van der Waals surface area contributed by atoms with Gasteiger partial charge >= 0.3 is 0 Å². The fourth-order valence-corrected chi connectivity index (χ4v) is 2.84. The van der Waals surface area contributed by atoms with Gasteiger partial charge < -0.3 is 10.1 Å². The van der Waals surface area contributed by atoms with E-state index < -0.39 is 0 Å². The second kappa shape index (κ2) is 6.24. The average Bonchev–Trinajstić information content (AvgIpc) is 2.40. The zero-order chi connectivity index (χ0) is 13.0. The molecule has 1 fully saturated rings. The molecule has 1 saturated carbocycles. The Morgan fingerprint density at radius 1 is 1.17 bits per heavy atom. The first kappa shape index (κ1) is 13.4. The molecule has 3 atom stereocenters. The first-order valence-corrected chi connectivity index (χ1v) is 7.06. The maximum absolute atomic E-state index is 5.38. The monoisotopic (exact) mass is 247 g/mol. The summed E-state index contributed by atoms with van der Waals surface area (Å²) in [6.45, 7) is 5.67. The lowest BCUT2D eigenvalue weighted by Gasteiger charge is -2.32. The van der Waals surface area contributed by atoms with E-state index in [0.717, 1.165) is 24.1 Å². The van der Waals surface area contributed by atoms with Crippen LogP contribution in [0.5, 0.6) is 5.75 Å². The molecule has 100 valence electrons. The topological polar surface area (TPSA) is 21.3 Å². The molecular weight excluding hydrogens is 222 g/mol. The SMILES string of the molecule is COc1ccccc1CNC1CCC(C)C(C)C1. The smallest absolute Gasteiger partial charge is 0.123 e. The number of methoxy groups -OCH3 is 1. The molecule has 2 rings (SSSR count). The van der Waals surface area contributed by atoms with Crippen LogP contribution in [-0.4, -0.2) is 13.2 Å². The Hall–Kier alpha value is -1.02.